The van der Waals surface area contributed by atoms with Crippen molar-refractivity contribution in [2.75, 3.05) is 13.7 Å². The van der Waals surface area contributed by atoms with Gasteiger partial charge in [0.15, 0.2) is 11.5 Å². The normalized spacial score (nSPS) is 10.4. The van der Waals surface area contributed by atoms with E-state index >= 15 is 0 Å². The molecule has 112 valence electrons. The van der Waals surface area contributed by atoms with E-state index in [1.807, 2.05) is 36.4 Å². The molecular formula is C17H20BrNO2. The van der Waals surface area contributed by atoms with Gasteiger partial charge in [0.25, 0.3) is 0 Å². The Morgan fingerprint density at radius 3 is 2.52 bits per heavy atom. The largest absolute Gasteiger partial charge is 0.493 e. The molecule has 0 bridgehead atoms. The highest BCUT2D eigenvalue weighted by Gasteiger charge is 2.10. The fourth-order valence-corrected chi connectivity index (χ4v) is 2.29. The van der Waals surface area contributed by atoms with Gasteiger partial charge < -0.3 is 14.8 Å². The van der Waals surface area contributed by atoms with Crippen molar-refractivity contribution in [3.05, 3.63) is 58.1 Å². The molecule has 0 heterocycles. The standard InChI is InChI=1S/C17H20BrNO2/c1-3-19-11-14-5-4-6-16(20-2)17(14)21-12-13-7-9-15(18)10-8-13/h4-10,19H,3,11-12H2,1-2H3. The Morgan fingerprint density at radius 2 is 1.86 bits per heavy atom. The molecule has 0 aliphatic rings. The van der Waals surface area contributed by atoms with E-state index in [0.29, 0.717) is 6.61 Å². The summed E-state index contributed by atoms with van der Waals surface area (Å²) in [5.41, 5.74) is 2.23. The number of hydrogen-bond acceptors (Lipinski definition) is 3. The molecule has 0 aliphatic carbocycles. The predicted octanol–water partition coefficient (Wildman–Crippen LogP) is 4.15. The van der Waals surface area contributed by atoms with Gasteiger partial charge in [0.2, 0.25) is 0 Å². The van der Waals surface area contributed by atoms with E-state index in [9.17, 15) is 0 Å². The van der Waals surface area contributed by atoms with Crippen LogP contribution in [0.4, 0.5) is 0 Å². The van der Waals surface area contributed by atoms with Gasteiger partial charge in [-0.1, -0.05) is 47.1 Å². The average Bonchev–Trinajstić information content (AvgIpc) is 2.52. The molecule has 21 heavy (non-hydrogen) atoms. The Hall–Kier alpha value is -1.52. The summed E-state index contributed by atoms with van der Waals surface area (Å²) in [6.07, 6.45) is 0. The van der Waals surface area contributed by atoms with Gasteiger partial charge in [0.05, 0.1) is 7.11 Å². The number of ether oxygens (including phenoxy) is 2. The molecule has 0 aromatic heterocycles. The van der Waals surface area contributed by atoms with Gasteiger partial charge in [0.1, 0.15) is 6.61 Å². The zero-order valence-electron chi connectivity index (χ0n) is 12.4. The second-order valence-electron chi connectivity index (χ2n) is 4.64. The Kier molecular flexibility index (Phi) is 6.08. The SMILES string of the molecule is CCNCc1cccc(OC)c1OCc1ccc(Br)cc1. The molecule has 3 nitrogen and oxygen atoms in total. The van der Waals surface area contributed by atoms with Crippen LogP contribution in [0.25, 0.3) is 0 Å². The van der Waals surface area contributed by atoms with Gasteiger partial charge in [-0.15, -0.1) is 0 Å². The topological polar surface area (TPSA) is 30.5 Å². The summed E-state index contributed by atoms with van der Waals surface area (Å²) in [7, 11) is 1.67. The van der Waals surface area contributed by atoms with Crippen LogP contribution in [-0.4, -0.2) is 13.7 Å². The predicted molar refractivity (Wildman–Crippen MR) is 88.8 cm³/mol. The lowest BCUT2D eigenvalue weighted by Crippen LogP contribution is -2.13. The highest BCUT2D eigenvalue weighted by molar-refractivity contribution is 9.10. The van der Waals surface area contributed by atoms with E-state index in [1.165, 1.54) is 0 Å². The van der Waals surface area contributed by atoms with Crippen LogP contribution in [0.15, 0.2) is 46.9 Å². The minimum absolute atomic E-state index is 0.521. The quantitative estimate of drug-likeness (QED) is 0.814. The van der Waals surface area contributed by atoms with Crippen molar-refractivity contribution >= 4 is 15.9 Å². The number of rotatable bonds is 7. The molecule has 0 saturated carbocycles. The summed E-state index contributed by atoms with van der Waals surface area (Å²) in [5, 5.41) is 3.32. The van der Waals surface area contributed by atoms with Gasteiger partial charge in [0, 0.05) is 16.6 Å². The van der Waals surface area contributed by atoms with E-state index in [1.54, 1.807) is 7.11 Å². The summed E-state index contributed by atoms with van der Waals surface area (Å²) < 4.78 is 12.5. The van der Waals surface area contributed by atoms with Gasteiger partial charge in [-0.2, -0.15) is 0 Å². The molecule has 0 aliphatic heterocycles. The lowest BCUT2D eigenvalue weighted by molar-refractivity contribution is 0.280. The van der Waals surface area contributed by atoms with Crippen molar-refractivity contribution in [1.82, 2.24) is 5.32 Å². The number of hydrogen-bond donors (Lipinski definition) is 1. The third kappa shape index (κ3) is 4.48. The molecule has 0 spiro atoms. The van der Waals surface area contributed by atoms with Crippen molar-refractivity contribution in [3.63, 3.8) is 0 Å². The Morgan fingerprint density at radius 1 is 1.10 bits per heavy atom. The summed E-state index contributed by atoms with van der Waals surface area (Å²) in [5.74, 6) is 1.58. The number of para-hydroxylation sites is 1. The fourth-order valence-electron chi connectivity index (χ4n) is 2.02. The first-order valence-corrected chi connectivity index (χ1v) is 7.77. The number of halogens is 1. The average molecular weight is 350 g/mol. The molecule has 2 aromatic carbocycles. The molecule has 0 atom stereocenters. The second kappa shape index (κ2) is 8.05. The van der Waals surface area contributed by atoms with E-state index in [0.717, 1.165) is 40.2 Å². The molecule has 0 unspecified atom stereocenters. The third-order valence-corrected chi connectivity index (χ3v) is 3.67. The van der Waals surface area contributed by atoms with Crippen molar-refractivity contribution in [2.24, 2.45) is 0 Å². The minimum Gasteiger partial charge on any atom is -0.493 e. The Labute approximate surface area is 134 Å². The first kappa shape index (κ1) is 15.9. The highest BCUT2D eigenvalue weighted by atomic mass is 79.9. The molecule has 1 N–H and O–H groups in total. The lowest BCUT2D eigenvalue weighted by atomic mass is 10.1. The molecule has 0 saturated heterocycles. The van der Waals surface area contributed by atoms with Crippen LogP contribution in [0, 0.1) is 0 Å². The van der Waals surface area contributed by atoms with Crippen LogP contribution in [-0.2, 0) is 13.2 Å². The molecule has 2 aromatic rings. The van der Waals surface area contributed by atoms with Crippen LogP contribution < -0.4 is 14.8 Å². The summed E-state index contributed by atoms with van der Waals surface area (Å²) in [4.78, 5) is 0. The first-order chi connectivity index (χ1) is 10.2. The van der Waals surface area contributed by atoms with Crippen LogP contribution in [0.2, 0.25) is 0 Å². The van der Waals surface area contributed by atoms with Gasteiger partial charge in [-0.25, -0.2) is 0 Å². The first-order valence-electron chi connectivity index (χ1n) is 6.98. The maximum absolute atomic E-state index is 6.00. The number of nitrogens with one attached hydrogen (secondary N) is 1. The smallest absolute Gasteiger partial charge is 0.166 e. The van der Waals surface area contributed by atoms with E-state index in [2.05, 4.69) is 34.2 Å². The molecule has 4 heteroatoms. The Bertz CT molecular complexity index is 570. The van der Waals surface area contributed by atoms with E-state index in [4.69, 9.17) is 9.47 Å². The third-order valence-electron chi connectivity index (χ3n) is 3.14. The maximum Gasteiger partial charge on any atom is 0.166 e. The summed E-state index contributed by atoms with van der Waals surface area (Å²) in [6, 6.07) is 14.1. The second-order valence-corrected chi connectivity index (χ2v) is 5.56. The van der Waals surface area contributed by atoms with Crippen LogP contribution in [0.5, 0.6) is 11.5 Å². The van der Waals surface area contributed by atoms with E-state index in [-0.39, 0.29) is 0 Å². The molecule has 2 rings (SSSR count). The summed E-state index contributed by atoms with van der Waals surface area (Å²) in [6.45, 7) is 4.29. The molecule has 0 radical (unpaired) electrons. The molecular weight excluding hydrogens is 330 g/mol. The highest BCUT2D eigenvalue weighted by Crippen LogP contribution is 2.31. The van der Waals surface area contributed by atoms with Gasteiger partial charge in [-0.05, 0) is 30.3 Å². The lowest BCUT2D eigenvalue weighted by Gasteiger charge is -2.15. The van der Waals surface area contributed by atoms with Crippen molar-refractivity contribution < 1.29 is 9.47 Å². The molecule has 0 fully saturated rings. The van der Waals surface area contributed by atoms with E-state index < -0.39 is 0 Å². The summed E-state index contributed by atoms with van der Waals surface area (Å²) >= 11 is 3.44. The van der Waals surface area contributed by atoms with Crippen molar-refractivity contribution in [2.45, 2.75) is 20.1 Å². The van der Waals surface area contributed by atoms with Gasteiger partial charge in [-0.3, -0.25) is 0 Å². The number of methoxy groups -OCH3 is 1. The minimum atomic E-state index is 0.521. The van der Waals surface area contributed by atoms with Crippen LogP contribution in [0.1, 0.15) is 18.1 Å². The van der Waals surface area contributed by atoms with Crippen LogP contribution >= 0.6 is 15.9 Å². The Balaban J connectivity index is 2.14. The van der Waals surface area contributed by atoms with Gasteiger partial charge >= 0.3 is 0 Å². The maximum atomic E-state index is 6.00. The number of benzene rings is 2. The monoisotopic (exact) mass is 349 g/mol. The van der Waals surface area contributed by atoms with Crippen molar-refractivity contribution in [1.29, 1.82) is 0 Å². The zero-order valence-corrected chi connectivity index (χ0v) is 13.9. The fraction of sp³-hybridized carbons (Fsp3) is 0.294. The zero-order chi connectivity index (χ0) is 15.1. The van der Waals surface area contributed by atoms with Crippen LogP contribution in [0.3, 0.4) is 0 Å². The molecule has 0 amide bonds. The van der Waals surface area contributed by atoms with Crippen molar-refractivity contribution in [3.8, 4) is 11.5 Å².